The van der Waals surface area contributed by atoms with Gasteiger partial charge in [0.2, 0.25) is 0 Å². The van der Waals surface area contributed by atoms with Gasteiger partial charge in [-0.15, -0.1) is 0 Å². The topological polar surface area (TPSA) is 36.0 Å². The summed E-state index contributed by atoms with van der Waals surface area (Å²) >= 11 is 0. The molecule has 0 bridgehead atoms. The Hall–Kier alpha value is -2.60. The Morgan fingerprint density at radius 1 is 1.04 bits per heavy atom. The first kappa shape index (κ1) is 17.8. The van der Waals surface area contributed by atoms with Crippen LogP contribution in [0.1, 0.15) is 11.1 Å². The van der Waals surface area contributed by atoms with Crippen molar-refractivity contribution in [2.24, 2.45) is 0 Å². The summed E-state index contributed by atoms with van der Waals surface area (Å²) in [6.45, 7) is 4.57. The van der Waals surface area contributed by atoms with Gasteiger partial charge in [0.25, 0.3) is 0 Å². The lowest BCUT2D eigenvalue weighted by atomic mass is 10.1. The van der Waals surface area contributed by atoms with Crippen molar-refractivity contribution < 1.29 is 13.9 Å². The van der Waals surface area contributed by atoms with E-state index in [1.807, 2.05) is 21.9 Å². The van der Waals surface area contributed by atoms with Gasteiger partial charge in [-0.25, -0.2) is 9.18 Å². The molecule has 2 aliphatic heterocycles. The lowest BCUT2D eigenvalue weighted by Gasteiger charge is -2.36. The maximum absolute atomic E-state index is 13.1. The number of carbonyl (C=O) groups is 1. The Balaban J connectivity index is 1.38. The zero-order valence-electron chi connectivity index (χ0n) is 15.5. The molecule has 1 atom stereocenters. The van der Waals surface area contributed by atoms with Gasteiger partial charge in [0.15, 0.2) is 0 Å². The van der Waals surface area contributed by atoms with E-state index in [1.165, 1.54) is 17.7 Å². The number of hydrogen-bond donors (Lipinski definition) is 0. The SMILES string of the molecule is COc1cccc(CN2CCN3C(=O)N(Cc4ccc(F)cc4)C[C@H]3C2)c1. The highest BCUT2D eigenvalue weighted by molar-refractivity contribution is 5.77. The minimum Gasteiger partial charge on any atom is -0.497 e. The van der Waals surface area contributed by atoms with Crippen molar-refractivity contribution in [2.75, 3.05) is 33.3 Å². The van der Waals surface area contributed by atoms with Crippen molar-refractivity contribution in [3.05, 3.63) is 65.5 Å². The number of benzene rings is 2. The van der Waals surface area contributed by atoms with E-state index >= 15 is 0 Å². The second kappa shape index (κ2) is 7.56. The average Bonchev–Trinajstić information content (AvgIpc) is 2.99. The normalized spacial score (nSPS) is 20.1. The number of piperazine rings is 1. The number of fused-ring (bicyclic) bond motifs is 1. The van der Waals surface area contributed by atoms with Crippen molar-refractivity contribution in [1.82, 2.24) is 14.7 Å². The van der Waals surface area contributed by atoms with E-state index < -0.39 is 0 Å². The summed E-state index contributed by atoms with van der Waals surface area (Å²) in [6.07, 6.45) is 0. The van der Waals surface area contributed by atoms with E-state index in [0.29, 0.717) is 13.1 Å². The first-order valence-electron chi connectivity index (χ1n) is 9.27. The summed E-state index contributed by atoms with van der Waals surface area (Å²) in [5.74, 6) is 0.616. The Labute approximate surface area is 158 Å². The van der Waals surface area contributed by atoms with Crippen LogP contribution in [-0.4, -0.2) is 60.1 Å². The summed E-state index contributed by atoms with van der Waals surface area (Å²) in [5.41, 5.74) is 2.17. The van der Waals surface area contributed by atoms with Crippen LogP contribution in [0.4, 0.5) is 9.18 Å². The number of urea groups is 1. The molecule has 0 saturated carbocycles. The van der Waals surface area contributed by atoms with Gasteiger partial charge in [-0.1, -0.05) is 24.3 Å². The van der Waals surface area contributed by atoms with Crippen molar-refractivity contribution >= 4 is 6.03 Å². The fraction of sp³-hybridized carbons (Fsp3) is 0.381. The molecule has 2 fully saturated rings. The largest absolute Gasteiger partial charge is 0.497 e. The molecule has 27 heavy (non-hydrogen) atoms. The predicted octanol–water partition coefficient (Wildman–Crippen LogP) is 2.96. The summed E-state index contributed by atoms with van der Waals surface area (Å²) in [5, 5.41) is 0. The molecule has 2 aromatic rings. The van der Waals surface area contributed by atoms with Crippen LogP contribution < -0.4 is 4.74 Å². The van der Waals surface area contributed by atoms with Gasteiger partial charge in [-0.3, -0.25) is 4.90 Å². The van der Waals surface area contributed by atoms with Gasteiger partial charge >= 0.3 is 6.03 Å². The van der Waals surface area contributed by atoms with Crippen molar-refractivity contribution in [2.45, 2.75) is 19.1 Å². The molecule has 0 radical (unpaired) electrons. The molecule has 2 saturated heterocycles. The van der Waals surface area contributed by atoms with E-state index in [2.05, 4.69) is 17.0 Å². The molecule has 2 amide bonds. The molecule has 4 rings (SSSR count). The van der Waals surface area contributed by atoms with Crippen molar-refractivity contribution in [1.29, 1.82) is 0 Å². The fourth-order valence-electron chi connectivity index (χ4n) is 3.96. The quantitative estimate of drug-likeness (QED) is 0.813. The molecule has 0 spiro atoms. The highest BCUT2D eigenvalue weighted by Gasteiger charge is 2.40. The molecular formula is C21H24FN3O2. The molecule has 5 nitrogen and oxygen atoms in total. The van der Waals surface area contributed by atoms with Gasteiger partial charge in [0.05, 0.1) is 13.2 Å². The molecule has 2 heterocycles. The van der Waals surface area contributed by atoms with Gasteiger partial charge in [-0.2, -0.15) is 0 Å². The van der Waals surface area contributed by atoms with Crippen LogP contribution in [0.15, 0.2) is 48.5 Å². The molecule has 0 aromatic heterocycles. The number of halogens is 1. The third kappa shape index (κ3) is 3.90. The Kier molecular flexibility index (Phi) is 4.99. The number of ether oxygens (including phenoxy) is 1. The summed E-state index contributed by atoms with van der Waals surface area (Å²) in [4.78, 5) is 18.9. The maximum Gasteiger partial charge on any atom is 0.320 e. The average molecular weight is 369 g/mol. The Morgan fingerprint density at radius 3 is 2.63 bits per heavy atom. The number of nitrogens with zero attached hydrogens (tertiary/aromatic N) is 3. The first-order valence-corrected chi connectivity index (χ1v) is 9.27. The summed E-state index contributed by atoms with van der Waals surface area (Å²) in [6, 6.07) is 14.8. The van der Waals surface area contributed by atoms with Crippen LogP contribution in [-0.2, 0) is 13.1 Å². The molecule has 0 N–H and O–H groups in total. The van der Waals surface area contributed by atoms with Gasteiger partial charge in [-0.05, 0) is 35.4 Å². The molecule has 142 valence electrons. The third-order valence-electron chi connectivity index (χ3n) is 5.34. The molecule has 0 unspecified atom stereocenters. The smallest absolute Gasteiger partial charge is 0.320 e. The minimum atomic E-state index is -0.253. The lowest BCUT2D eigenvalue weighted by molar-refractivity contribution is 0.116. The first-order chi connectivity index (χ1) is 13.1. The molecule has 2 aliphatic rings. The zero-order valence-corrected chi connectivity index (χ0v) is 15.5. The number of hydrogen-bond acceptors (Lipinski definition) is 3. The van der Waals surface area contributed by atoms with E-state index in [-0.39, 0.29) is 17.9 Å². The second-order valence-electron chi connectivity index (χ2n) is 7.22. The second-order valence-corrected chi connectivity index (χ2v) is 7.22. The standard InChI is InChI=1S/C21H24FN3O2/c1-27-20-4-2-3-17(11-20)12-23-9-10-25-19(14-23)15-24(21(25)26)13-16-5-7-18(22)8-6-16/h2-8,11,19H,9-10,12-15H2,1H3/t19-/m1/s1. The van der Waals surface area contributed by atoms with Crippen molar-refractivity contribution in [3.63, 3.8) is 0 Å². The number of rotatable bonds is 5. The number of amides is 2. The fourth-order valence-corrected chi connectivity index (χ4v) is 3.96. The summed E-state index contributed by atoms with van der Waals surface area (Å²) in [7, 11) is 1.68. The van der Waals surface area contributed by atoms with Crippen LogP contribution in [0.2, 0.25) is 0 Å². The Morgan fingerprint density at radius 2 is 1.85 bits per heavy atom. The van der Waals surface area contributed by atoms with Gasteiger partial charge in [0, 0.05) is 39.3 Å². The highest BCUT2D eigenvalue weighted by Crippen LogP contribution is 2.24. The third-order valence-corrected chi connectivity index (χ3v) is 5.34. The van der Waals surface area contributed by atoms with Gasteiger partial charge in [0.1, 0.15) is 11.6 Å². The molecule has 0 aliphatic carbocycles. The highest BCUT2D eigenvalue weighted by atomic mass is 19.1. The van der Waals surface area contributed by atoms with E-state index in [0.717, 1.165) is 37.5 Å². The van der Waals surface area contributed by atoms with E-state index in [1.54, 1.807) is 19.2 Å². The zero-order chi connectivity index (χ0) is 18.8. The predicted molar refractivity (Wildman–Crippen MR) is 101 cm³/mol. The molecular weight excluding hydrogens is 345 g/mol. The monoisotopic (exact) mass is 369 g/mol. The van der Waals surface area contributed by atoms with Crippen LogP contribution in [0.3, 0.4) is 0 Å². The van der Waals surface area contributed by atoms with E-state index in [9.17, 15) is 9.18 Å². The Bertz CT molecular complexity index is 811. The van der Waals surface area contributed by atoms with Crippen molar-refractivity contribution in [3.8, 4) is 5.75 Å². The summed E-state index contributed by atoms with van der Waals surface area (Å²) < 4.78 is 18.4. The molecule has 2 aromatic carbocycles. The van der Waals surface area contributed by atoms with Gasteiger partial charge < -0.3 is 14.5 Å². The minimum absolute atomic E-state index is 0.0883. The molecule has 6 heteroatoms. The number of carbonyl (C=O) groups excluding carboxylic acids is 1. The maximum atomic E-state index is 13.1. The van der Waals surface area contributed by atoms with Crippen LogP contribution in [0, 0.1) is 5.82 Å². The van der Waals surface area contributed by atoms with Crippen LogP contribution >= 0.6 is 0 Å². The lowest BCUT2D eigenvalue weighted by Crippen LogP contribution is -2.51. The number of methoxy groups -OCH3 is 1. The van der Waals surface area contributed by atoms with E-state index in [4.69, 9.17) is 4.74 Å². The van der Waals surface area contributed by atoms with Crippen LogP contribution in [0.5, 0.6) is 5.75 Å². The van der Waals surface area contributed by atoms with Crippen LogP contribution in [0.25, 0.3) is 0 Å².